The summed E-state index contributed by atoms with van der Waals surface area (Å²) in [5.74, 6) is -0.214. The summed E-state index contributed by atoms with van der Waals surface area (Å²) in [5.41, 5.74) is -1.12. The van der Waals surface area contributed by atoms with Crippen LogP contribution in [0.25, 0.3) is 10.2 Å². The molecule has 2 aromatic heterocycles. The second-order valence-electron chi connectivity index (χ2n) is 6.98. The van der Waals surface area contributed by atoms with E-state index in [1.807, 2.05) is 11.4 Å². The second kappa shape index (κ2) is 5.47. The Balaban J connectivity index is 1.65. The van der Waals surface area contributed by atoms with Crippen molar-refractivity contribution in [1.29, 1.82) is 0 Å². The maximum atomic E-state index is 13.1. The second-order valence-corrected chi connectivity index (χ2v) is 9.86. The zero-order valence-corrected chi connectivity index (χ0v) is 15.6. The van der Waals surface area contributed by atoms with Crippen LogP contribution in [0.3, 0.4) is 0 Å². The SMILES string of the molecule is CC1(C)OC2(CCCN(S(=O)(=O)c3cnc4ccsc4c3)C2)NC1=O. The summed E-state index contributed by atoms with van der Waals surface area (Å²) < 4.78 is 34.3. The molecule has 9 heteroatoms. The minimum Gasteiger partial charge on any atom is -0.339 e. The number of carbonyl (C=O) groups excluding carboxylic acids is 1. The van der Waals surface area contributed by atoms with Crippen molar-refractivity contribution in [2.45, 2.75) is 42.9 Å². The van der Waals surface area contributed by atoms with Crippen LogP contribution >= 0.6 is 11.3 Å². The van der Waals surface area contributed by atoms with E-state index in [1.165, 1.54) is 21.8 Å². The van der Waals surface area contributed by atoms with Gasteiger partial charge in [0.1, 0.15) is 10.5 Å². The molecule has 2 saturated heterocycles. The van der Waals surface area contributed by atoms with Gasteiger partial charge in [0.2, 0.25) is 10.0 Å². The van der Waals surface area contributed by atoms with Crippen molar-refractivity contribution >= 4 is 37.5 Å². The molecule has 0 saturated carbocycles. The number of amides is 1. The number of nitrogens with zero attached hydrogens (tertiary/aromatic N) is 2. The van der Waals surface area contributed by atoms with E-state index in [1.54, 1.807) is 19.9 Å². The first-order chi connectivity index (χ1) is 11.7. The zero-order chi connectivity index (χ0) is 17.9. The number of nitrogens with one attached hydrogen (secondary N) is 1. The van der Waals surface area contributed by atoms with Crippen LogP contribution < -0.4 is 5.32 Å². The first kappa shape index (κ1) is 16.9. The number of sulfonamides is 1. The third-order valence-corrected chi connectivity index (χ3v) is 7.34. The van der Waals surface area contributed by atoms with Gasteiger partial charge in [0.25, 0.3) is 5.91 Å². The highest BCUT2D eigenvalue weighted by atomic mass is 32.2. The van der Waals surface area contributed by atoms with Gasteiger partial charge < -0.3 is 10.1 Å². The third kappa shape index (κ3) is 2.75. The van der Waals surface area contributed by atoms with Gasteiger partial charge in [-0.3, -0.25) is 9.78 Å². The highest BCUT2D eigenvalue weighted by Crippen LogP contribution is 2.35. The molecule has 2 aromatic rings. The Kier molecular flexibility index (Phi) is 3.70. The van der Waals surface area contributed by atoms with Crippen molar-refractivity contribution in [2.24, 2.45) is 0 Å². The van der Waals surface area contributed by atoms with Gasteiger partial charge in [-0.25, -0.2) is 8.42 Å². The van der Waals surface area contributed by atoms with Crippen LogP contribution in [0.2, 0.25) is 0 Å². The Hall–Kier alpha value is -1.55. The average molecular weight is 381 g/mol. The lowest BCUT2D eigenvalue weighted by Crippen LogP contribution is -2.56. The van der Waals surface area contributed by atoms with Gasteiger partial charge in [0.05, 0.1) is 16.8 Å². The molecule has 0 aliphatic carbocycles. The highest BCUT2D eigenvalue weighted by molar-refractivity contribution is 7.89. The van der Waals surface area contributed by atoms with E-state index in [9.17, 15) is 13.2 Å². The first-order valence-electron chi connectivity index (χ1n) is 8.08. The molecule has 25 heavy (non-hydrogen) atoms. The van der Waals surface area contributed by atoms with E-state index >= 15 is 0 Å². The Labute approximate surface area is 150 Å². The van der Waals surface area contributed by atoms with Crippen LogP contribution in [-0.2, 0) is 19.6 Å². The molecule has 2 aliphatic rings. The van der Waals surface area contributed by atoms with Gasteiger partial charge in [0, 0.05) is 12.7 Å². The maximum absolute atomic E-state index is 13.1. The first-order valence-corrected chi connectivity index (χ1v) is 10.4. The minimum atomic E-state index is -3.70. The summed E-state index contributed by atoms with van der Waals surface area (Å²) in [6.45, 7) is 3.89. The molecule has 4 rings (SSSR count). The fourth-order valence-corrected chi connectivity index (χ4v) is 5.76. The summed E-state index contributed by atoms with van der Waals surface area (Å²) in [4.78, 5) is 16.5. The molecule has 134 valence electrons. The Morgan fingerprint density at radius 2 is 2.20 bits per heavy atom. The molecule has 2 fully saturated rings. The van der Waals surface area contributed by atoms with Gasteiger partial charge in [-0.1, -0.05) is 0 Å². The molecule has 1 amide bonds. The smallest absolute Gasteiger partial charge is 0.254 e. The van der Waals surface area contributed by atoms with Crippen molar-refractivity contribution in [3.63, 3.8) is 0 Å². The van der Waals surface area contributed by atoms with Crippen molar-refractivity contribution in [1.82, 2.24) is 14.6 Å². The van der Waals surface area contributed by atoms with E-state index in [0.29, 0.717) is 19.4 Å². The quantitative estimate of drug-likeness (QED) is 0.855. The summed E-state index contributed by atoms with van der Waals surface area (Å²) in [6, 6.07) is 3.51. The molecular weight excluding hydrogens is 362 g/mol. The highest BCUT2D eigenvalue weighted by Gasteiger charge is 2.53. The number of thiophene rings is 1. The van der Waals surface area contributed by atoms with Crippen LogP contribution in [-0.4, -0.2) is 48.0 Å². The normalized spacial score (nSPS) is 27.0. The van der Waals surface area contributed by atoms with Crippen LogP contribution in [0.5, 0.6) is 0 Å². The minimum absolute atomic E-state index is 0.104. The lowest BCUT2D eigenvalue weighted by Gasteiger charge is -2.39. The van der Waals surface area contributed by atoms with E-state index in [2.05, 4.69) is 10.3 Å². The summed E-state index contributed by atoms with van der Waals surface area (Å²) in [7, 11) is -3.70. The monoisotopic (exact) mass is 381 g/mol. The lowest BCUT2D eigenvalue weighted by atomic mass is 10.0. The van der Waals surface area contributed by atoms with Gasteiger partial charge in [-0.2, -0.15) is 4.31 Å². The Morgan fingerprint density at radius 1 is 1.40 bits per heavy atom. The molecule has 1 spiro atoms. The third-order valence-electron chi connectivity index (χ3n) is 4.67. The standard InChI is InChI=1S/C16H19N3O4S2/c1-15(2)14(20)18-16(23-15)5-3-6-19(10-16)25(21,22)11-8-13-12(17-9-11)4-7-24-13/h4,7-9H,3,5-6,10H2,1-2H3,(H,18,20). The molecule has 1 unspecified atom stereocenters. The zero-order valence-electron chi connectivity index (χ0n) is 14.0. The number of aromatic nitrogens is 1. The number of fused-ring (bicyclic) bond motifs is 1. The molecule has 1 N–H and O–H groups in total. The number of ether oxygens (including phenoxy) is 1. The van der Waals surface area contributed by atoms with Crippen LogP contribution in [0.4, 0.5) is 0 Å². The maximum Gasteiger partial charge on any atom is 0.254 e. The number of carbonyl (C=O) groups is 1. The van der Waals surface area contributed by atoms with Crippen molar-refractivity contribution in [3.8, 4) is 0 Å². The number of piperidine rings is 1. The van der Waals surface area contributed by atoms with E-state index in [0.717, 1.165) is 10.2 Å². The molecule has 2 aliphatic heterocycles. The molecule has 0 radical (unpaired) electrons. The number of pyridine rings is 1. The summed E-state index contributed by atoms with van der Waals surface area (Å²) >= 11 is 1.46. The van der Waals surface area contributed by atoms with E-state index < -0.39 is 21.3 Å². The molecule has 0 aromatic carbocycles. The van der Waals surface area contributed by atoms with Crippen LogP contribution in [0.15, 0.2) is 28.6 Å². The van der Waals surface area contributed by atoms with E-state index in [4.69, 9.17) is 4.74 Å². The van der Waals surface area contributed by atoms with Crippen molar-refractivity contribution in [3.05, 3.63) is 23.7 Å². The van der Waals surface area contributed by atoms with E-state index in [-0.39, 0.29) is 17.3 Å². The van der Waals surface area contributed by atoms with Gasteiger partial charge in [-0.05, 0) is 44.2 Å². The summed E-state index contributed by atoms with van der Waals surface area (Å²) in [5, 5.41) is 4.74. The number of rotatable bonds is 2. The predicted molar refractivity (Wildman–Crippen MR) is 93.7 cm³/mol. The van der Waals surface area contributed by atoms with Gasteiger partial charge in [0.15, 0.2) is 5.72 Å². The number of hydrogen-bond acceptors (Lipinski definition) is 6. The van der Waals surface area contributed by atoms with Gasteiger partial charge in [-0.15, -0.1) is 11.3 Å². The molecule has 4 heterocycles. The molecule has 0 bridgehead atoms. The summed E-state index contributed by atoms with van der Waals surface area (Å²) in [6.07, 6.45) is 2.60. The van der Waals surface area contributed by atoms with Crippen LogP contribution in [0, 0.1) is 0 Å². The molecule has 7 nitrogen and oxygen atoms in total. The Bertz CT molecular complexity index is 953. The molecule has 1 atom stereocenters. The molecular formula is C16H19N3O4S2. The fraction of sp³-hybridized carbons (Fsp3) is 0.500. The lowest BCUT2D eigenvalue weighted by molar-refractivity contribution is -0.137. The van der Waals surface area contributed by atoms with Gasteiger partial charge >= 0.3 is 0 Å². The van der Waals surface area contributed by atoms with Crippen LogP contribution in [0.1, 0.15) is 26.7 Å². The Morgan fingerprint density at radius 3 is 2.92 bits per heavy atom. The van der Waals surface area contributed by atoms with Crippen molar-refractivity contribution < 1.29 is 17.9 Å². The largest absolute Gasteiger partial charge is 0.339 e. The average Bonchev–Trinajstić information content (AvgIpc) is 3.09. The van der Waals surface area contributed by atoms with Crippen molar-refractivity contribution in [2.75, 3.05) is 13.1 Å². The topological polar surface area (TPSA) is 88.6 Å². The predicted octanol–water partition coefficient (Wildman–Crippen LogP) is 1.70. The fourth-order valence-electron chi connectivity index (χ4n) is 3.41. The number of hydrogen-bond donors (Lipinski definition) is 1.